The number of carbonyl (C=O) groups excluding carboxylic acids is 1. The van der Waals surface area contributed by atoms with E-state index in [1.54, 1.807) is 37.5 Å². The summed E-state index contributed by atoms with van der Waals surface area (Å²) in [4.78, 5) is 12.3. The van der Waals surface area contributed by atoms with Gasteiger partial charge in [0.2, 0.25) is 0 Å². The fourth-order valence-electron chi connectivity index (χ4n) is 2.21. The third-order valence-corrected chi connectivity index (χ3v) is 3.57. The van der Waals surface area contributed by atoms with Crippen molar-refractivity contribution in [2.75, 3.05) is 7.11 Å². The summed E-state index contributed by atoms with van der Waals surface area (Å²) in [6.45, 7) is 4.18. The lowest BCUT2D eigenvalue weighted by molar-refractivity contribution is 0.104. The van der Waals surface area contributed by atoms with Gasteiger partial charge in [0.15, 0.2) is 5.78 Å². The first-order valence-corrected chi connectivity index (χ1v) is 7.68. The third-order valence-electron chi connectivity index (χ3n) is 3.57. The fourth-order valence-corrected chi connectivity index (χ4v) is 2.21. The molecule has 0 radical (unpaired) electrons. The minimum atomic E-state index is -0.00956. The molecule has 0 spiro atoms. The highest BCUT2D eigenvalue weighted by atomic mass is 16.5. The van der Waals surface area contributed by atoms with Crippen LogP contribution >= 0.6 is 0 Å². The quantitative estimate of drug-likeness (QED) is 0.421. The first-order chi connectivity index (χ1) is 11.1. The van der Waals surface area contributed by atoms with Gasteiger partial charge in [-0.15, -0.1) is 0 Å². The summed E-state index contributed by atoms with van der Waals surface area (Å²) in [5, 5.41) is 0. The fraction of sp³-hybridized carbons (Fsp3) is 0.190. The van der Waals surface area contributed by atoms with Gasteiger partial charge in [-0.1, -0.05) is 42.0 Å². The van der Waals surface area contributed by atoms with Gasteiger partial charge in [0, 0.05) is 5.56 Å². The second-order valence-corrected chi connectivity index (χ2v) is 5.61. The Kier molecular flexibility index (Phi) is 5.93. The molecule has 23 heavy (non-hydrogen) atoms. The Balaban J connectivity index is 2.15. The zero-order valence-electron chi connectivity index (χ0n) is 13.9. The predicted octanol–water partition coefficient (Wildman–Crippen LogP) is 5.10. The van der Waals surface area contributed by atoms with Crippen LogP contribution in [0.3, 0.4) is 0 Å². The van der Waals surface area contributed by atoms with Gasteiger partial charge in [0.05, 0.1) is 7.11 Å². The molecule has 0 N–H and O–H groups in total. The highest BCUT2D eigenvalue weighted by molar-refractivity contribution is 6.06. The number of rotatable bonds is 6. The topological polar surface area (TPSA) is 26.3 Å². The molecule has 0 aliphatic rings. The number of ketones is 1. The molecule has 0 aromatic heterocycles. The Morgan fingerprint density at radius 3 is 2.39 bits per heavy atom. The monoisotopic (exact) mass is 306 g/mol. The standard InChI is InChI=1S/C21H22O2/c1-16(2)8-9-17-6-4-5-7-18(17)12-15-21(22)19-10-13-20(23-3)14-11-19/h4-8,10-15H,9H2,1-3H3/b15-12+. The summed E-state index contributed by atoms with van der Waals surface area (Å²) in [6.07, 6.45) is 6.58. The van der Waals surface area contributed by atoms with Crippen molar-refractivity contribution >= 4 is 11.9 Å². The van der Waals surface area contributed by atoms with Gasteiger partial charge < -0.3 is 4.74 Å². The lowest BCUT2D eigenvalue weighted by Crippen LogP contribution is -1.95. The largest absolute Gasteiger partial charge is 0.497 e. The highest BCUT2D eigenvalue weighted by Crippen LogP contribution is 2.15. The number of methoxy groups -OCH3 is 1. The van der Waals surface area contributed by atoms with Crippen molar-refractivity contribution in [3.8, 4) is 5.75 Å². The molecule has 0 atom stereocenters. The van der Waals surface area contributed by atoms with Crippen molar-refractivity contribution in [3.05, 3.63) is 82.9 Å². The molecule has 0 heterocycles. The molecule has 0 saturated carbocycles. The van der Waals surface area contributed by atoms with Crippen LogP contribution in [0.2, 0.25) is 0 Å². The van der Waals surface area contributed by atoms with Crippen molar-refractivity contribution in [2.24, 2.45) is 0 Å². The van der Waals surface area contributed by atoms with E-state index in [1.807, 2.05) is 24.3 Å². The van der Waals surface area contributed by atoms with Crippen LogP contribution in [0.15, 0.2) is 66.3 Å². The molecule has 0 aliphatic heterocycles. The SMILES string of the molecule is COc1ccc(C(=O)/C=C/c2ccccc2CC=C(C)C)cc1. The van der Waals surface area contributed by atoms with Crippen LogP contribution in [0.1, 0.15) is 35.3 Å². The van der Waals surface area contributed by atoms with Gasteiger partial charge >= 0.3 is 0 Å². The number of ether oxygens (including phenoxy) is 1. The normalized spacial score (nSPS) is 10.6. The maximum absolute atomic E-state index is 12.3. The molecule has 2 heteroatoms. The molecule has 118 valence electrons. The molecule has 2 rings (SSSR count). The van der Waals surface area contributed by atoms with Crippen LogP contribution in [0.4, 0.5) is 0 Å². The minimum absolute atomic E-state index is 0.00956. The maximum Gasteiger partial charge on any atom is 0.185 e. The molecule has 0 amide bonds. The van der Waals surface area contributed by atoms with Crippen molar-refractivity contribution in [2.45, 2.75) is 20.3 Å². The van der Waals surface area contributed by atoms with E-state index in [0.29, 0.717) is 5.56 Å². The lowest BCUT2D eigenvalue weighted by Gasteiger charge is -2.04. The first kappa shape index (κ1) is 16.8. The summed E-state index contributed by atoms with van der Waals surface area (Å²) >= 11 is 0. The average Bonchev–Trinajstić information content (AvgIpc) is 2.58. The van der Waals surface area contributed by atoms with Crippen LogP contribution < -0.4 is 4.74 Å². The van der Waals surface area contributed by atoms with Gasteiger partial charge in [-0.05, 0) is 61.7 Å². The average molecular weight is 306 g/mol. The minimum Gasteiger partial charge on any atom is -0.497 e. The highest BCUT2D eigenvalue weighted by Gasteiger charge is 2.03. The Hall–Kier alpha value is -2.61. The zero-order chi connectivity index (χ0) is 16.7. The van der Waals surface area contributed by atoms with E-state index in [1.165, 1.54) is 11.1 Å². The van der Waals surface area contributed by atoms with Crippen molar-refractivity contribution in [1.29, 1.82) is 0 Å². The van der Waals surface area contributed by atoms with Crippen molar-refractivity contribution < 1.29 is 9.53 Å². The summed E-state index contributed by atoms with van der Waals surface area (Å²) in [5.41, 5.74) is 4.24. The summed E-state index contributed by atoms with van der Waals surface area (Å²) < 4.78 is 5.11. The van der Waals surface area contributed by atoms with E-state index in [0.717, 1.165) is 17.7 Å². The summed E-state index contributed by atoms with van der Waals surface area (Å²) in [6, 6.07) is 15.3. The van der Waals surface area contributed by atoms with E-state index in [4.69, 9.17) is 4.74 Å². The molecule has 0 aliphatic carbocycles. The van der Waals surface area contributed by atoms with Gasteiger partial charge in [0.25, 0.3) is 0 Å². The smallest absolute Gasteiger partial charge is 0.185 e. The molecule has 0 saturated heterocycles. The Morgan fingerprint density at radius 1 is 1.04 bits per heavy atom. The summed E-state index contributed by atoms with van der Waals surface area (Å²) in [5.74, 6) is 0.738. The summed E-state index contributed by atoms with van der Waals surface area (Å²) in [7, 11) is 1.61. The van der Waals surface area contributed by atoms with Crippen LogP contribution in [0.25, 0.3) is 6.08 Å². The Bertz CT molecular complexity index is 718. The first-order valence-electron chi connectivity index (χ1n) is 7.68. The number of hydrogen-bond acceptors (Lipinski definition) is 2. The molecule has 0 bridgehead atoms. The van der Waals surface area contributed by atoms with Crippen molar-refractivity contribution in [3.63, 3.8) is 0 Å². The second kappa shape index (κ2) is 8.14. The second-order valence-electron chi connectivity index (χ2n) is 5.61. The number of benzene rings is 2. The molecular weight excluding hydrogens is 284 g/mol. The lowest BCUT2D eigenvalue weighted by atomic mass is 10.0. The van der Waals surface area contributed by atoms with Gasteiger partial charge in [-0.2, -0.15) is 0 Å². The molecule has 2 nitrogen and oxygen atoms in total. The zero-order valence-corrected chi connectivity index (χ0v) is 13.9. The number of carbonyl (C=O) groups is 1. The van der Waals surface area contributed by atoms with E-state index in [9.17, 15) is 4.79 Å². The molecule has 2 aromatic rings. The van der Waals surface area contributed by atoms with Crippen LogP contribution in [-0.4, -0.2) is 12.9 Å². The number of hydrogen-bond donors (Lipinski definition) is 0. The van der Waals surface area contributed by atoms with E-state index >= 15 is 0 Å². The predicted molar refractivity (Wildman–Crippen MR) is 95.9 cm³/mol. The third kappa shape index (κ3) is 4.96. The van der Waals surface area contributed by atoms with Gasteiger partial charge in [-0.25, -0.2) is 0 Å². The van der Waals surface area contributed by atoms with E-state index in [-0.39, 0.29) is 5.78 Å². The van der Waals surface area contributed by atoms with Crippen LogP contribution in [-0.2, 0) is 6.42 Å². The van der Waals surface area contributed by atoms with Crippen LogP contribution in [0.5, 0.6) is 5.75 Å². The Labute approximate surface area is 138 Å². The van der Waals surface area contributed by atoms with Crippen LogP contribution in [0, 0.1) is 0 Å². The van der Waals surface area contributed by atoms with Crippen molar-refractivity contribution in [1.82, 2.24) is 0 Å². The van der Waals surface area contributed by atoms with E-state index < -0.39 is 0 Å². The molecule has 0 unspecified atom stereocenters. The van der Waals surface area contributed by atoms with Gasteiger partial charge in [-0.3, -0.25) is 4.79 Å². The molecule has 0 fully saturated rings. The van der Waals surface area contributed by atoms with Gasteiger partial charge in [0.1, 0.15) is 5.75 Å². The molecular formula is C21H22O2. The maximum atomic E-state index is 12.3. The molecule has 2 aromatic carbocycles. The number of allylic oxidation sites excluding steroid dienone is 3. The van der Waals surface area contributed by atoms with E-state index in [2.05, 4.69) is 26.0 Å². The Morgan fingerprint density at radius 2 is 1.74 bits per heavy atom.